The molecule has 0 spiro atoms. The molecule has 4 aromatic carbocycles. The smallest absolute Gasteiger partial charge is 0.160 e. The minimum atomic E-state index is 0.760. The van der Waals surface area contributed by atoms with Crippen molar-refractivity contribution in [3.05, 3.63) is 109 Å². The Balaban J connectivity index is 1.36. The van der Waals surface area contributed by atoms with E-state index in [1.54, 1.807) is 0 Å². The number of nitrogens with zero attached hydrogens (tertiary/aromatic N) is 2. The lowest BCUT2D eigenvalue weighted by atomic mass is 10.0. The SMILES string of the molecule is Cc1cc(-c2ccccc2)nc(-c2ccc(-c3ccc4c(c3)sc3ccccc34)cc2)n1. The summed E-state index contributed by atoms with van der Waals surface area (Å²) >= 11 is 1.85. The summed E-state index contributed by atoms with van der Waals surface area (Å²) in [5.41, 5.74) is 6.47. The molecule has 0 aliphatic heterocycles. The van der Waals surface area contributed by atoms with Gasteiger partial charge in [-0.05, 0) is 36.2 Å². The Hall–Kier alpha value is -3.82. The Bertz CT molecular complexity index is 1560. The van der Waals surface area contributed by atoms with Crippen molar-refractivity contribution in [2.45, 2.75) is 6.92 Å². The third kappa shape index (κ3) is 3.37. The average Bonchev–Trinajstić information content (AvgIpc) is 3.22. The molecule has 32 heavy (non-hydrogen) atoms. The van der Waals surface area contributed by atoms with Crippen LogP contribution >= 0.6 is 11.3 Å². The maximum absolute atomic E-state index is 4.83. The van der Waals surface area contributed by atoms with Crippen LogP contribution in [0.5, 0.6) is 0 Å². The molecule has 0 aliphatic rings. The van der Waals surface area contributed by atoms with Crippen molar-refractivity contribution in [2.24, 2.45) is 0 Å². The van der Waals surface area contributed by atoms with E-state index < -0.39 is 0 Å². The molecular formula is C29H20N2S. The number of aromatic nitrogens is 2. The van der Waals surface area contributed by atoms with Crippen molar-refractivity contribution in [1.29, 1.82) is 0 Å². The lowest BCUT2D eigenvalue weighted by Gasteiger charge is -2.08. The Morgan fingerprint density at radius 2 is 1.22 bits per heavy atom. The highest BCUT2D eigenvalue weighted by atomic mass is 32.1. The van der Waals surface area contributed by atoms with Gasteiger partial charge in [-0.3, -0.25) is 0 Å². The quantitative estimate of drug-likeness (QED) is 0.284. The molecule has 0 fully saturated rings. The van der Waals surface area contributed by atoms with E-state index in [-0.39, 0.29) is 0 Å². The van der Waals surface area contributed by atoms with E-state index in [2.05, 4.69) is 83.8 Å². The van der Waals surface area contributed by atoms with E-state index in [4.69, 9.17) is 4.98 Å². The molecule has 6 aromatic rings. The fourth-order valence-corrected chi connectivity index (χ4v) is 5.32. The highest BCUT2D eigenvalue weighted by molar-refractivity contribution is 7.25. The fourth-order valence-electron chi connectivity index (χ4n) is 4.17. The summed E-state index contributed by atoms with van der Waals surface area (Å²) in [6.45, 7) is 2.02. The molecule has 3 heteroatoms. The topological polar surface area (TPSA) is 25.8 Å². The zero-order valence-corrected chi connectivity index (χ0v) is 18.4. The predicted octanol–water partition coefficient (Wildman–Crippen LogP) is 8.15. The van der Waals surface area contributed by atoms with Crippen LogP contribution in [0.25, 0.3) is 53.9 Å². The van der Waals surface area contributed by atoms with Crippen molar-refractivity contribution < 1.29 is 0 Å². The van der Waals surface area contributed by atoms with Crippen LogP contribution in [0.2, 0.25) is 0 Å². The van der Waals surface area contributed by atoms with Gasteiger partial charge in [-0.1, -0.05) is 84.9 Å². The average molecular weight is 429 g/mol. The molecule has 0 bridgehead atoms. The Morgan fingerprint density at radius 3 is 2.06 bits per heavy atom. The van der Waals surface area contributed by atoms with Crippen molar-refractivity contribution in [1.82, 2.24) is 9.97 Å². The third-order valence-electron chi connectivity index (χ3n) is 5.78. The van der Waals surface area contributed by atoms with Gasteiger partial charge in [-0.15, -0.1) is 11.3 Å². The Kier molecular flexibility index (Phi) is 4.55. The van der Waals surface area contributed by atoms with Crippen LogP contribution in [-0.4, -0.2) is 9.97 Å². The number of fused-ring (bicyclic) bond motifs is 3. The monoisotopic (exact) mass is 428 g/mol. The predicted molar refractivity (Wildman–Crippen MR) is 136 cm³/mol. The second-order valence-corrected chi connectivity index (χ2v) is 9.05. The highest BCUT2D eigenvalue weighted by Crippen LogP contribution is 2.36. The van der Waals surface area contributed by atoms with Crippen molar-refractivity contribution in [2.75, 3.05) is 0 Å². The third-order valence-corrected chi connectivity index (χ3v) is 6.91. The fraction of sp³-hybridized carbons (Fsp3) is 0.0345. The molecule has 0 unspecified atom stereocenters. The lowest BCUT2D eigenvalue weighted by molar-refractivity contribution is 1.12. The molecule has 0 saturated heterocycles. The first-order valence-electron chi connectivity index (χ1n) is 10.7. The van der Waals surface area contributed by atoms with Crippen LogP contribution in [0, 0.1) is 6.92 Å². The van der Waals surface area contributed by atoms with Gasteiger partial charge >= 0.3 is 0 Å². The van der Waals surface area contributed by atoms with Crippen molar-refractivity contribution >= 4 is 31.5 Å². The van der Waals surface area contributed by atoms with Crippen LogP contribution in [0.4, 0.5) is 0 Å². The van der Waals surface area contributed by atoms with Gasteiger partial charge in [0.05, 0.1) is 5.69 Å². The van der Waals surface area contributed by atoms with Gasteiger partial charge in [0, 0.05) is 37.0 Å². The molecule has 0 aliphatic carbocycles. The summed E-state index contributed by atoms with van der Waals surface area (Å²) in [5, 5.41) is 2.66. The van der Waals surface area contributed by atoms with Gasteiger partial charge in [0.1, 0.15) is 0 Å². The Labute approximate surface area is 190 Å². The van der Waals surface area contributed by atoms with Crippen LogP contribution < -0.4 is 0 Å². The van der Waals surface area contributed by atoms with Gasteiger partial charge in [0.25, 0.3) is 0 Å². The molecule has 0 amide bonds. The van der Waals surface area contributed by atoms with Crippen LogP contribution in [-0.2, 0) is 0 Å². The maximum Gasteiger partial charge on any atom is 0.160 e. The van der Waals surface area contributed by atoms with Gasteiger partial charge in [0.15, 0.2) is 5.82 Å². The number of rotatable bonds is 3. The van der Waals surface area contributed by atoms with E-state index in [9.17, 15) is 0 Å². The molecule has 0 atom stereocenters. The molecule has 6 rings (SSSR count). The second-order valence-electron chi connectivity index (χ2n) is 7.97. The summed E-state index contributed by atoms with van der Waals surface area (Å²) in [6, 6.07) is 36.2. The molecule has 2 nitrogen and oxygen atoms in total. The molecular weight excluding hydrogens is 408 g/mol. The number of benzene rings is 4. The number of thiophene rings is 1. The van der Waals surface area contributed by atoms with Crippen molar-refractivity contribution in [3.63, 3.8) is 0 Å². The van der Waals surface area contributed by atoms with Gasteiger partial charge < -0.3 is 0 Å². The minimum absolute atomic E-state index is 0.760. The van der Waals surface area contributed by atoms with E-state index in [1.807, 2.05) is 42.5 Å². The van der Waals surface area contributed by atoms with E-state index in [0.717, 1.165) is 28.3 Å². The molecule has 0 radical (unpaired) electrons. The zero-order valence-electron chi connectivity index (χ0n) is 17.6. The first-order chi connectivity index (χ1) is 15.7. The van der Waals surface area contributed by atoms with E-state index in [1.165, 1.54) is 31.3 Å². The van der Waals surface area contributed by atoms with Crippen molar-refractivity contribution in [3.8, 4) is 33.8 Å². The van der Waals surface area contributed by atoms with Crippen LogP contribution in [0.1, 0.15) is 5.69 Å². The summed E-state index contributed by atoms with van der Waals surface area (Å²) in [6.07, 6.45) is 0. The first kappa shape index (κ1) is 18.9. The number of hydrogen-bond donors (Lipinski definition) is 0. The first-order valence-corrected chi connectivity index (χ1v) is 11.5. The zero-order chi connectivity index (χ0) is 21.5. The molecule has 2 aromatic heterocycles. The number of aryl methyl sites for hydroxylation is 1. The second kappa shape index (κ2) is 7.70. The summed E-state index contributed by atoms with van der Waals surface area (Å²) in [7, 11) is 0. The van der Waals surface area contributed by atoms with Gasteiger partial charge in [-0.25, -0.2) is 9.97 Å². The molecule has 0 N–H and O–H groups in total. The summed E-state index contributed by atoms with van der Waals surface area (Å²) in [5.74, 6) is 0.760. The van der Waals surface area contributed by atoms with E-state index >= 15 is 0 Å². The summed E-state index contributed by atoms with van der Waals surface area (Å²) < 4.78 is 2.66. The maximum atomic E-state index is 4.83. The lowest BCUT2D eigenvalue weighted by Crippen LogP contribution is -1.95. The van der Waals surface area contributed by atoms with E-state index in [0.29, 0.717) is 0 Å². The Morgan fingerprint density at radius 1 is 0.531 bits per heavy atom. The largest absolute Gasteiger partial charge is 0.233 e. The van der Waals surface area contributed by atoms with Gasteiger partial charge in [0.2, 0.25) is 0 Å². The molecule has 0 saturated carbocycles. The molecule has 2 heterocycles. The van der Waals surface area contributed by atoms with Gasteiger partial charge in [-0.2, -0.15) is 0 Å². The summed E-state index contributed by atoms with van der Waals surface area (Å²) in [4.78, 5) is 9.52. The minimum Gasteiger partial charge on any atom is -0.233 e. The number of hydrogen-bond acceptors (Lipinski definition) is 3. The molecule has 152 valence electrons. The van der Waals surface area contributed by atoms with Crippen LogP contribution in [0.3, 0.4) is 0 Å². The normalized spacial score (nSPS) is 11.3. The van der Waals surface area contributed by atoms with Crippen LogP contribution in [0.15, 0.2) is 103 Å². The standard InChI is InChI=1S/C29H20N2S/c1-19-17-26(21-7-3-2-4-8-21)31-29(30-19)22-13-11-20(12-14-22)23-15-16-25-24-9-5-6-10-27(24)32-28(25)18-23/h2-18H,1H3. The highest BCUT2D eigenvalue weighted by Gasteiger charge is 2.09.